The Morgan fingerprint density at radius 2 is 1.96 bits per heavy atom. The molecule has 3 atom stereocenters. The minimum atomic E-state index is -0.592. The third-order valence-corrected chi connectivity index (χ3v) is 4.72. The lowest BCUT2D eigenvalue weighted by Crippen LogP contribution is -2.38. The molecule has 0 saturated heterocycles. The van der Waals surface area contributed by atoms with Crippen molar-refractivity contribution in [2.75, 3.05) is 11.9 Å². The van der Waals surface area contributed by atoms with E-state index in [4.69, 9.17) is 4.74 Å². The molecule has 0 radical (unpaired) electrons. The topological polar surface area (TPSA) is 99.4 Å². The first kappa shape index (κ1) is 16.2. The average Bonchev–Trinajstić information content (AvgIpc) is 3.18. The van der Waals surface area contributed by atoms with E-state index in [9.17, 15) is 19.2 Å². The van der Waals surface area contributed by atoms with Gasteiger partial charge in [0.25, 0.3) is 11.5 Å². The second kappa shape index (κ2) is 6.10. The largest absolute Gasteiger partial charge is 0.455 e. The van der Waals surface area contributed by atoms with Crippen LogP contribution in [0.5, 0.6) is 0 Å². The van der Waals surface area contributed by atoms with E-state index in [0.29, 0.717) is 5.92 Å². The summed E-state index contributed by atoms with van der Waals surface area (Å²) in [6, 6.07) is 1.14. The quantitative estimate of drug-likeness (QED) is 0.606. The molecule has 1 aromatic rings. The monoisotopic (exact) mass is 333 g/mol. The lowest BCUT2D eigenvalue weighted by molar-refractivity contribution is -0.152. The van der Waals surface area contributed by atoms with Crippen LogP contribution in [0.1, 0.15) is 12.8 Å². The number of ether oxygens (including phenoxy) is 1. The van der Waals surface area contributed by atoms with E-state index in [1.54, 1.807) is 0 Å². The second-order valence-corrected chi connectivity index (χ2v) is 6.31. The summed E-state index contributed by atoms with van der Waals surface area (Å²) >= 11 is 0. The molecule has 3 rings (SSSR count). The van der Waals surface area contributed by atoms with Crippen molar-refractivity contribution < 1.29 is 14.3 Å². The standard InChI is InChI=1S/C16H19N3O5/c1-18-12(7-14(21)19(2)16(18)23)17-13(20)8-24-15(22)11-6-9-3-4-10(11)5-9/h3-4,7,9-11H,5-6,8H2,1-2H3,(H,17,20). The highest BCUT2D eigenvalue weighted by Gasteiger charge is 2.40. The number of hydrogen-bond donors (Lipinski definition) is 1. The number of anilines is 1. The van der Waals surface area contributed by atoms with Crippen molar-refractivity contribution in [1.29, 1.82) is 0 Å². The van der Waals surface area contributed by atoms with E-state index in [1.807, 2.05) is 6.08 Å². The highest BCUT2D eigenvalue weighted by atomic mass is 16.5. The Kier molecular flexibility index (Phi) is 4.13. The molecule has 1 N–H and O–H groups in total. The van der Waals surface area contributed by atoms with Crippen LogP contribution in [0, 0.1) is 17.8 Å². The number of amides is 1. The number of fused-ring (bicyclic) bond motifs is 2. The van der Waals surface area contributed by atoms with E-state index in [0.717, 1.165) is 28.0 Å². The van der Waals surface area contributed by atoms with Gasteiger partial charge < -0.3 is 10.1 Å². The molecule has 2 aliphatic carbocycles. The number of nitrogens with one attached hydrogen (secondary N) is 1. The van der Waals surface area contributed by atoms with Gasteiger partial charge in [-0.3, -0.25) is 23.5 Å². The smallest absolute Gasteiger partial charge is 0.332 e. The molecule has 2 bridgehead atoms. The number of carbonyl (C=O) groups is 2. The van der Waals surface area contributed by atoms with Crippen LogP contribution in [-0.4, -0.2) is 27.6 Å². The average molecular weight is 333 g/mol. The minimum Gasteiger partial charge on any atom is -0.455 e. The van der Waals surface area contributed by atoms with Crippen molar-refractivity contribution >= 4 is 17.7 Å². The van der Waals surface area contributed by atoms with Crippen LogP contribution < -0.4 is 16.6 Å². The fourth-order valence-corrected chi connectivity index (χ4v) is 3.33. The zero-order chi connectivity index (χ0) is 17.4. The predicted octanol–water partition coefficient (Wildman–Crippen LogP) is -0.222. The summed E-state index contributed by atoms with van der Waals surface area (Å²) in [5.41, 5.74) is -1.08. The molecule has 0 spiro atoms. The maximum absolute atomic E-state index is 12.1. The molecule has 24 heavy (non-hydrogen) atoms. The Morgan fingerprint density at radius 1 is 1.21 bits per heavy atom. The number of allylic oxidation sites excluding steroid dienone is 2. The third kappa shape index (κ3) is 2.91. The highest BCUT2D eigenvalue weighted by Crippen LogP contribution is 2.43. The van der Waals surface area contributed by atoms with Gasteiger partial charge in [0.1, 0.15) is 5.82 Å². The zero-order valence-corrected chi connectivity index (χ0v) is 13.5. The van der Waals surface area contributed by atoms with Crippen molar-refractivity contribution in [3.8, 4) is 0 Å². The molecule has 1 saturated carbocycles. The lowest BCUT2D eigenvalue weighted by atomic mass is 9.94. The molecule has 1 amide bonds. The van der Waals surface area contributed by atoms with Crippen LogP contribution in [0.4, 0.5) is 5.82 Å². The van der Waals surface area contributed by atoms with Crippen molar-refractivity contribution in [2.45, 2.75) is 12.8 Å². The Bertz CT molecular complexity index is 835. The molecule has 8 nitrogen and oxygen atoms in total. The summed E-state index contributed by atoms with van der Waals surface area (Å²) in [7, 11) is 2.78. The minimum absolute atomic E-state index is 0.0620. The molecule has 2 aliphatic rings. The first-order chi connectivity index (χ1) is 11.4. The van der Waals surface area contributed by atoms with Crippen LogP contribution in [0.3, 0.4) is 0 Å². The number of nitrogens with zero attached hydrogens (tertiary/aromatic N) is 2. The van der Waals surface area contributed by atoms with Gasteiger partial charge in [-0.05, 0) is 24.7 Å². The van der Waals surface area contributed by atoms with E-state index in [2.05, 4.69) is 11.4 Å². The lowest BCUT2D eigenvalue weighted by Gasteiger charge is -2.16. The summed E-state index contributed by atoms with van der Waals surface area (Å²) in [6.45, 7) is -0.445. The fourth-order valence-electron chi connectivity index (χ4n) is 3.33. The fraction of sp³-hybridized carbons (Fsp3) is 0.500. The molecule has 128 valence electrons. The Labute approximate surface area is 137 Å². The number of rotatable bonds is 4. The van der Waals surface area contributed by atoms with Crippen LogP contribution in [0.15, 0.2) is 27.8 Å². The van der Waals surface area contributed by atoms with Gasteiger partial charge in [-0.1, -0.05) is 12.2 Å². The Hall–Kier alpha value is -2.64. The first-order valence-electron chi connectivity index (χ1n) is 7.78. The first-order valence-corrected chi connectivity index (χ1v) is 7.78. The summed E-state index contributed by atoms with van der Waals surface area (Å²) in [5, 5.41) is 2.42. The molecule has 1 aromatic heterocycles. The number of carbonyl (C=O) groups excluding carboxylic acids is 2. The van der Waals surface area contributed by atoms with Gasteiger partial charge in [0.15, 0.2) is 6.61 Å². The maximum Gasteiger partial charge on any atom is 0.332 e. The molecule has 1 fully saturated rings. The third-order valence-electron chi connectivity index (χ3n) is 4.72. The summed E-state index contributed by atoms with van der Waals surface area (Å²) in [6.07, 6.45) is 5.90. The number of esters is 1. The van der Waals surface area contributed by atoms with Gasteiger partial charge in [-0.25, -0.2) is 4.79 Å². The molecule has 3 unspecified atom stereocenters. The van der Waals surface area contributed by atoms with Crippen molar-refractivity contribution in [1.82, 2.24) is 9.13 Å². The van der Waals surface area contributed by atoms with Gasteiger partial charge >= 0.3 is 11.7 Å². The number of hydrogen-bond acceptors (Lipinski definition) is 5. The van der Waals surface area contributed by atoms with E-state index in [-0.39, 0.29) is 23.6 Å². The van der Waals surface area contributed by atoms with Crippen molar-refractivity contribution in [2.24, 2.45) is 31.8 Å². The SMILES string of the molecule is Cn1c(NC(=O)COC(=O)C2CC3C=CC2C3)cc(=O)n(C)c1=O. The molecule has 0 aliphatic heterocycles. The van der Waals surface area contributed by atoms with Gasteiger partial charge in [-0.2, -0.15) is 0 Å². The summed E-state index contributed by atoms with van der Waals surface area (Å²) in [5.74, 6) is -0.432. The van der Waals surface area contributed by atoms with Gasteiger partial charge in [0.05, 0.1) is 5.92 Å². The summed E-state index contributed by atoms with van der Waals surface area (Å²) < 4.78 is 7.15. The van der Waals surface area contributed by atoms with Crippen LogP contribution in [0.25, 0.3) is 0 Å². The molecular weight excluding hydrogens is 314 g/mol. The van der Waals surface area contributed by atoms with Crippen molar-refractivity contribution in [3.05, 3.63) is 39.1 Å². The normalized spacial score (nSPS) is 24.2. The van der Waals surface area contributed by atoms with Crippen LogP contribution in [0.2, 0.25) is 0 Å². The Balaban J connectivity index is 1.59. The van der Waals surface area contributed by atoms with E-state index < -0.39 is 23.8 Å². The van der Waals surface area contributed by atoms with Crippen LogP contribution >= 0.6 is 0 Å². The molecule has 0 aromatic carbocycles. The number of aromatic nitrogens is 2. The van der Waals surface area contributed by atoms with Gasteiger partial charge in [0.2, 0.25) is 0 Å². The van der Waals surface area contributed by atoms with Crippen molar-refractivity contribution in [3.63, 3.8) is 0 Å². The van der Waals surface area contributed by atoms with E-state index >= 15 is 0 Å². The second-order valence-electron chi connectivity index (χ2n) is 6.31. The van der Waals surface area contributed by atoms with E-state index in [1.165, 1.54) is 14.1 Å². The maximum atomic E-state index is 12.1. The highest BCUT2D eigenvalue weighted by molar-refractivity contribution is 5.92. The van der Waals surface area contributed by atoms with Crippen LogP contribution in [-0.2, 0) is 28.4 Å². The Morgan fingerprint density at radius 3 is 2.58 bits per heavy atom. The molecule has 8 heteroatoms. The summed E-state index contributed by atoms with van der Waals surface area (Å²) in [4.78, 5) is 47.4. The zero-order valence-electron chi connectivity index (χ0n) is 13.5. The molecular formula is C16H19N3O5. The van der Waals surface area contributed by atoms with Gasteiger partial charge in [0, 0.05) is 20.2 Å². The predicted molar refractivity (Wildman–Crippen MR) is 85.4 cm³/mol. The molecule has 1 heterocycles. The van der Waals surface area contributed by atoms with Gasteiger partial charge in [-0.15, -0.1) is 0 Å².